The molecule has 1 heterocycles. The molecule has 1 aliphatic carbocycles. The number of hydrogen-bond acceptors (Lipinski definition) is 2. The largest absolute Gasteiger partial charge is 0.405 e. The SMILES string of the molecule is FC(F)(F)C1CNCCN1C1CCCC1. The summed E-state index contributed by atoms with van der Waals surface area (Å²) in [6.07, 6.45) is -0.0481. The number of hydrogen-bond donors (Lipinski definition) is 1. The standard InChI is InChI=1S/C10H17F3N2/c11-10(12,13)9-7-14-5-6-15(9)8-3-1-2-4-8/h8-9,14H,1-7H2. The molecule has 1 N–H and O–H groups in total. The third kappa shape index (κ3) is 2.45. The summed E-state index contributed by atoms with van der Waals surface area (Å²) in [5.41, 5.74) is 0. The first kappa shape index (κ1) is 11.2. The lowest BCUT2D eigenvalue weighted by Gasteiger charge is -2.40. The van der Waals surface area contributed by atoms with E-state index in [-0.39, 0.29) is 12.6 Å². The van der Waals surface area contributed by atoms with E-state index in [0.717, 1.165) is 25.7 Å². The molecule has 1 aliphatic heterocycles. The first-order valence-corrected chi connectivity index (χ1v) is 5.62. The van der Waals surface area contributed by atoms with E-state index in [1.54, 1.807) is 4.90 Å². The Bertz CT molecular complexity index is 211. The van der Waals surface area contributed by atoms with Gasteiger partial charge in [0.05, 0.1) is 0 Å². The van der Waals surface area contributed by atoms with Gasteiger partial charge in [-0.05, 0) is 12.8 Å². The quantitative estimate of drug-likeness (QED) is 0.727. The molecule has 0 spiro atoms. The van der Waals surface area contributed by atoms with Gasteiger partial charge in [-0.2, -0.15) is 13.2 Å². The first-order chi connectivity index (χ1) is 7.09. The number of rotatable bonds is 1. The molecule has 0 bridgehead atoms. The molecule has 2 nitrogen and oxygen atoms in total. The number of nitrogens with zero attached hydrogens (tertiary/aromatic N) is 1. The van der Waals surface area contributed by atoms with Crippen LogP contribution in [0.4, 0.5) is 13.2 Å². The summed E-state index contributed by atoms with van der Waals surface area (Å²) in [4.78, 5) is 1.67. The minimum atomic E-state index is -4.09. The molecular formula is C10H17F3N2. The van der Waals surface area contributed by atoms with E-state index in [4.69, 9.17) is 0 Å². The Morgan fingerprint density at radius 2 is 1.80 bits per heavy atom. The Balaban J connectivity index is 2.05. The molecule has 88 valence electrons. The van der Waals surface area contributed by atoms with Crippen molar-refractivity contribution in [2.45, 2.75) is 43.9 Å². The third-order valence-corrected chi connectivity index (χ3v) is 3.46. The van der Waals surface area contributed by atoms with Gasteiger partial charge in [-0.1, -0.05) is 12.8 Å². The van der Waals surface area contributed by atoms with Crippen LogP contribution in [0.15, 0.2) is 0 Å². The van der Waals surface area contributed by atoms with Crippen molar-refractivity contribution in [3.63, 3.8) is 0 Å². The van der Waals surface area contributed by atoms with Crippen LogP contribution >= 0.6 is 0 Å². The van der Waals surface area contributed by atoms with E-state index < -0.39 is 12.2 Å². The maximum Gasteiger partial charge on any atom is 0.405 e. The zero-order valence-corrected chi connectivity index (χ0v) is 8.69. The summed E-state index contributed by atoms with van der Waals surface area (Å²) in [7, 11) is 0. The van der Waals surface area contributed by atoms with Crippen molar-refractivity contribution in [3.8, 4) is 0 Å². The van der Waals surface area contributed by atoms with Crippen molar-refractivity contribution < 1.29 is 13.2 Å². The summed E-state index contributed by atoms with van der Waals surface area (Å²) in [5.74, 6) is 0. The smallest absolute Gasteiger partial charge is 0.314 e. The number of halogens is 3. The molecule has 15 heavy (non-hydrogen) atoms. The minimum Gasteiger partial charge on any atom is -0.314 e. The van der Waals surface area contributed by atoms with Crippen molar-refractivity contribution in [1.29, 1.82) is 0 Å². The normalized spacial score (nSPS) is 31.0. The topological polar surface area (TPSA) is 15.3 Å². The molecule has 0 aromatic heterocycles. The fraction of sp³-hybridized carbons (Fsp3) is 1.00. The van der Waals surface area contributed by atoms with Crippen LogP contribution in [0.1, 0.15) is 25.7 Å². The van der Waals surface area contributed by atoms with Crippen molar-refractivity contribution in [2.24, 2.45) is 0 Å². The van der Waals surface area contributed by atoms with E-state index >= 15 is 0 Å². The van der Waals surface area contributed by atoms with Gasteiger partial charge in [0.2, 0.25) is 0 Å². The Morgan fingerprint density at radius 3 is 2.40 bits per heavy atom. The molecule has 2 rings (SSSR count). The molecule has 1 saturated carbocycles. The molecule has 2 aliphatic rings. The van der Waals surface area contributed by atoms with Gasteiger partial charge in [0, 0.05) is 25.7 Å². The third-order valence-electron chi connectivity index (χ3n) is 3.46. The van der Waals surface area contributed by atoms with Crippen LogP contribution in [0.25, 0.3) is 0 Å². The van der Waals surface area contributed by atoms with E-state index in [2.05, 4.69) is 5.32 Å². The van der Waals surface area contributed by atoms with Crippen LogP contribution in [0, 0.1) is 0 Å². The van der Waals surface area contributed by atoms with E-state index in [1.807, 2.05) is 0 Å². The van der Waals surface area contributed by atoms with E-state index in [9.17, 15) is 13.2 Å². The zero-order chi connectivity index (χ0) is 10.9. The highest BCUT2D eigenvalue weighted by Crippen LogP contribution is 2.32. The molecule has 0 aromatic carbocycles. The van der Waals surface area contributed by atoms with Gasteiger partial charge in [-0.25, -0.2) is 0 Å². The molecule has 0 radical (unpaired) electrons. The van der Waals surface area contributed by atoms with Crippen LogP contribution in [-0.4, -0.2) is 42.8 Å². The van der Waals surface area contributed by atoms with Gasteiger partial charge >= 0.3 is 6.18 Å². The molecule has 0 aromatic rings. The highest BCUT2D eigenvalue weighted by Gasteiger charge is 2.46. The Morgan fingerprint density at radius 1 is 1.13 bits per heavy atom. The highest BCUT2D eigenvalue weighted by atomic mass is 19.4. The maximum absolute atomic E-state index is 12.8. The molecule has 0 amide bonds. The predicted octanol–water partition coefficient (Wildman–Crippen LogP) is 1.77. The van der Waals surface area contributed by atoms with Gasteiger partial charge in [0.25, 0.3) is 0 Å². The van der Waals surface area contributed by atoms with Crippen molar-refractivity contribution in [1.82, 2.24) is 10.2 Å². The average Bonchev–Trinajstić information content (AvgIpc) is 2.69. The van der Waals surface area contributed by atoms with E-state index in [1.165, 1.54) is 0 Å². The average molecular weight is 222 g/mol. The number of piperazine rings is 1. The second kappa shape index (κ2) is 4.29. The van der Waals surface area contributed by atoms with Gasteiger partial charge in [-0.15, -0.1) is 0 Å². The fourth-order valence-corrected chi connectivity index (χ4v) is 2.70. The summed E-state index contributed by atoms with van der Waals surface area (Å²) >= 11 is 0. The molecule has 1 atom stereocenters. The van der Waals surface area contributed by atoms with E-state index in [0.29, 0.717) is 13.1 Å². The van der Waals surface area contributed by atoms with Gasteiger partial charge in [0.1, 0.15) is 6.04 Å². The van der Waals surface area contributed by atoms with Gasteiger partial charge in [-0.3, -0.25) is 4.90 Å². The highest BCUT2D eigenvalue weighted by molar-refractivity contribution is 4.91. The van der Waals surface area contributed by atoms with Gasteiger partial charge < -0.3 is 5.32 Å². The molecular weight excluding hydrogens is 205 g/mol. The fourth-order valence-electron chi connectivity index (χ4n) is 2.70. The van der Waals surface area contributed by atoms with Crippen LogP contribution in [0.5, 0.6) is 0 Å². The first-order valence-electron chi connectivity index (χ1n) is 5.62. The summed E-state index contributed by atoms with van der Waals surface area (Å²) in [6, 6.07) is -1.10. The maximum atomic E-state index is 12.8. The summed E-state index contributed by atoms with van der Waals surface area (Å²) < 4.78 is 38.3. The van der Waals surface area contributed by atoms with Crippen LogP contribution < -0.4 is 5.32 Å². The molecule has 1 unspecified atom stereocenters. The monoisotopic (exact) mass is 222 g/mol. The summed E-state index contributed by atoms with van der Waals surface area (Å²) in [6.45, 7) is 1.28. The zero-order valence-electron chi connectivity index (χ0n) is 8.69. The van der Waals surface area contributed by atoms with Crippen molar-refractivity contribution >= 4 is 0 Å². The molecule has 2 fully saturated rings. The Labute approximate surface area is 87.8 Å². The predicted molar refractivity (Wildman–Crippen MR) is 51.7 cm³/mol. The van der Waals surface area contributed by atoms with Gasteiger partial charge in [0.15, 0.2) is 0 Å². The second-order valence-electron chi connectivity index (χ2n) is 4.44. The number of alkyl halides is 3. The van der Waals surface area contributed by atoms with Crippen LogP contribution in [-0.2, 0) is 0 Å². The Hall–Kier alpha value is -0.290. The second-order valence-corrected chi connectivity index (χ2v) is 4.44. The lowest BCUT2D eigenvalue weighted by Crippen LogP contribution is -2.60. The molecule has 5 heteroatoms. The van der Waals surface area contributed by atoms with Crippen molar-refractivity contribution in [3.05, 3.63) is 0 Å². The summed E-state index contributed by atoms with van der Waals surface area (Å²) in [5, 5.41) is 2.83. The van der Waals surface area contributed by atoms with Crippen LogP contribution in [0.2, 0.25) is 0 Å². The minimum absolute atomic E-state index is 0.0556. The lowest BCUT2D eigenvalue weighted by molar-refractivity contribution is -0.192. The number of nitrogens with one attached hydrogen (secondary N) is 1. The van der Waals surface area contributed by atoms with Crippen molar-refractivity contribution in [2.75, 3.05) is 19.6 Å². The molecule has 1 saturated heterocycles. The van der Waals surface area contributed by atoms with Crippen LogP contribution in [0.3, 0.4) is 0 Å². The lowest BCUT2D eigenvalue weighted by atomic mass is 10.1. The Kier molecular flexibility index (Phi) is 3.21.